The number of carbonyl (C=O) groups excluding carboxylic acids is 2. The van der Waals surface area contributed by atoms with Crippen molar-refractivity contribution in [3.63, 3.8) is 0 Å². The van der Waals surface area contributed by atoms with Gasteiger partial charge in [-0.3, -0.25) is 9.59 Å². The number of nitrogens with one attached hydrogen (secondary N) is 2. The Bertz CT molecular complexity index is 1290. The van der Waals surface area contributed by atoms with Gasteiger partial charge in [0.25, 0.3) is 5.91 Å². The molecule has 35 heavy (non-hydrogen) atoms. The van der Waals surface area contributed by atoms with Gasteiger partial charge >= 0.3 is 0 Å². The number of hydrogen-bond acceptors (Lipinski definition) is 5. The maximum atomic E-state index is 13.3. The number of aryl methyl sites for hydroxylation is 1. The first-order valence-electron chi connectivity index (χ1n) is 11.7. The maximum absolute atomic E-state index is 13.3. The number of amides is 2. The molecule has 0 spiro atoms. The molecule has 1 atom stereocenters. The van der Waals surface area contributed by atoms with Gasteiger partial charge in [0, 0.05) is 22.1 Å². The lowest BCUT2D eigenvalue weighted by atomic mass is 9.94. The zero-order chi connectivity index (χ0) is 24.6. The molecule has 5 rings (SSSR count). The second-order valence-electron chi connectivity index (χ2n) is 9.27. The second-order valence-corrected chi connectivity index (χ2v) is 9.27. The van der Waals surface area contributed by atoms with Crippen LogP contribution in [-0.2, 0) is 10.2 Å². The van der Waals surface area contributed by atoms with Crippen LogP contribution in [0.4, 0.5) is 5.69 Å². The Labute approximate surface area is 208 Å². The van der Waals surface area contributed by atoms with Gasteiger partial charge in [0.1, 0.15) is 0 Å². The Kier molecular flexibility index (Phi) is 5.94. The first-order valence-corrected chi connectivity index (χ1v) is 11.7. The van der Waals surface area contributed by atoms with Gasteiger partial charge < -0.3 is 25.2 Å². The van der Waals surface area contributed by atoms with Gasteiger partial charge in [0.2, 0.25) is 12.7 Å². The van der Waals surface area contributed by atoms with E-state index in [0.717, 1.165) is 40.8 Å². The van der Waals surface area contributed by atoms with E-state index >= 15 is 0 Å². The molecule has 7 heteroatoms. The number of rotatable bonds is 7. The van der Waals surface area contributed by atoms with Crippen molar-refractivity contribution in [1.29, 1.82) is 0 Å². The van der Waals surface area contributed by atoms with E-state index in [1.54, 1.807) is 19.1 Å². The Hall–Kier alpha value is -3.84. The third kappa shape index (κ3) is 4.59. The standard InChI is InChI=1S/C28H28N2O5.3H2/c1-17-3-9-22(14-23(17)19-4-6-20(7-5-19)26(32)29-15-18(2)31)30-27(33)28(11-12-28)21-8-10-24-25(13-21)35-16-34-24;;;/h3-10,13-14,18,31H,11-12,15-16H2,1-2H3,(H,29,32)(H,30,33);3*1H/t18-;;;/m0.../s1. The van der Waals surface area contributed by atoms with Crippen LogP contribution in [0.15, 0.2) is 60.7 Å². The Morgan fingerprint density at radius 1 is 1.03 bits per heavy atom. The highest BCUT2D eigenvalue weighted by molar-refractivity contribution is 6.02. The molecule has 2 aliphatic rings. The van der Waals surface area contributed by atoms with Gasteiger partial charge in [-0.05, 0) is 85.3 Å². The molecule has 0 aromatic heterocycles. The summed E-state index contributed by atoms with van der Waals surface area (Å²) in [7, 11) is 0. The zero-order valence-electron chi connectivity index (χ0n) is 19.8. The van der Waals surface area contributed by atoms with Crippen LogP contribution in [-0.4, -0.2) is 36.4 Å². The molecule has 186 valence electrons. The summed E-state index contributed by atoms with van der Waals surface area (Å²) in [5.74, 6) is 1.13. The summed E-state index contributed by atoms with van der Waals surface area (Å²) in [5, 5.41) is 15.2. The molecular formula is C28H34N2O5. The van der Waals surface area contributed by atoms with Gasteiger partial charge in [0.15, 0.2) is 11.5 Å². The first kappa shape index (κ1) is 22.9. The van der Waals surface area contributed by atoms with Gasteiger partial charge in [-0.15, -0.1) is 0 Å². The summed E-state index contributed by atoms with van der Waals surface area (Å²) in [6.07, 6.45) is 0.976. The van der Waals surface area contributed by atoms with Crippen LogP contribution in [0, 0.1) is 6.92 Å². The van der Waals surface area contributed by atoms with Gasteiger partial charge in [-0.1, -0.05) is 24.3 Å². The van der Waals surface area contributed by atoms with Gasteiger partial charge in [-0.25, -0.2) is 0 Å². The Morgan fingerprint density at radius 3 is 2.49 bits per heavy atom. The smallest absolute Gasteiger partial charge is 0.251 e. The number of ether oxygens (including phenoxy) is 2. The largest absolute Gasteiger partial charge is 0.454 e. The van der Waals surface area contributed by atoms with Crippen molar-refractivity contribution in [2.75, 3.05) is 18.7 Å². The molecule has 2 amide bonds. The fraction of sp³-hybridized carbons (Fsp3) is 0.286. The highest BCUT2D eigenvalue weighted by atomic mass is 16.7. The lowest BCUT2D eigenvalue weighted by Gasteiger charge is -2.17. The molecule has 3 aromatic rings. The summed E-state index contributed by atoms with van der Waals surface area (Å²) in [6.45, 7) is 4.05. The minimum atomic E-state index is -0.598. The number of carbonyl (C=O) groups is 2. The highest BCUT2D eigenvalue weighted by Crippen LogP contribution is 2.51. The van der Waals surface area contributed by atoms with Crippen molar-refractivity contribution < 1.29 is 28.4 Å². The van der Waals surface area contributed by atoms with Crippen molar-refractivity contribution in [2.24, 2.45) is 0 Å². The van der Waals surface area contributed by atoms with Crippen LogP contribution in [0.1, 0.15) is 45.5 Å². The second kappa shape index (κ2) is 9.07. The average Bonchev–Trinajstić information content (AvgIpc) is 3.54. The molecule has 1 heterocycles. The van der Waals surface area contributed by atoms with Gasteiger partial charge in [-0.2, -0.15) is 0 Å². The Balaban J connectivity index is 0.00000169. The minimum absolute atomic E-state index is 0. The third-order valence-corrected chi connectivity index (χ3v) is 6.62. The van der Waals surface area contributed by atoms with Crippen LogP contribution < -0.4 is 20.1 Å². The molecule has 0 saturated heterocycles. The van der Waals surface area contributed by atoms with E-state index < -0.39 is 11.5 Å². The maximum Gasteiger partial charge on any atom is 0.251 e. The normalized spacial score (nSPS) is 15.9. The monoisotopic (exact) mass is 478 g/mol. The number of fused-ring (bicyclic) bond motifs is 1. The molecule has 0 unspecified atom stereocenters. The lowest BCUT2D eigenvalue weighted by Crippen LogP contribution is -2.30. The van der Waals surface area contributed by atoms with Crippen molar-refractivity contribution >= 4 is 17.5 Å². The topological polar surface area (TPSA) is 96.9 Å². The molecule has 7 nitrogen and oxygen atoms in total. The first-order chi connectivity index (χ1) is 16.9. The van der Waals surface area contributed by atoms with Crippen molar-refractivity contribution in [3.8, 4) is 22.6 Å². The average molecular weight is 479 g/mol. The molecule has 3 N–H and O–H groups in total. The highest BCUT2D eigenvalue weighted by Gasteiger charge is 2.51. The number of hydrogen-bond donors (Lipinski definition) is 3. The van der Waals surface area contributed by atoms with Crippen LogP contribution >= 0.6 is 0 Å². The fourth-order valence-corrected chi connectivity index (χ4v) is 4.37. The minimum Gasteiger partial charge on any atom is -0.454 e. The number of aliphatic hydroxyl groups is 1. The van der Waals surface area contributed by atoms with E-state index in [0.29, 0.717) is 17.1 Å². The fourth-order valence-electron chi connectivity index (χ4n) is 4.37. The Morgan fingerprint density at radius 2 is 1.77 bits per heavy atom. The van der Waals surface area contributed by atoms with Gasteiger partial charge in [0.05, 0.1) is 11.5 Å². The van der Waals surface area contributed by atoms with Crippen molar-refractivity contribution in [1.82, 2.24) is 5.32 Å². The van der Waals surface area contributed by atoms with Crippen LogP contribution in [0.3, 0.4) is 0 Å². The summed E-state index contributed by atoms with van der Waals surface area (Å²) in [6, 6.07) is 18.9. The van der Waals surface area contributed by atoms with Crippen LogP contribution in [0.2, 0.25) is 0 Å². The quantitative estimate of drug-likeness (QED) is 0.448. The molecule has 1 aliphatic heterocycles. The van der Waals surface area contributed by atoms with E-state index in [-0.39, 0.29) is 29.4 Å². The predicted molar refractivity (Wildman–Crippen MR) is 139 cm³/mol. The molecule has 0 radical (unpaired) electrons. The molecule has 0 bridgehead atoms. The zero-order valence-corrected chi connectivity index (χ0v) is 19.8. The SMILES string of the molecule is Cc1ccc(NC(=O)C2(c3ccc4c(c3)OCO4)CC2)cc1-c1ccc(C(=O)NC[C@H](C)O)cc1.[HH].[HH].[HH]. The molecule has 3 aromatic carbocycles. The van der Waals surface area contributed by atoms with Crippen LogP contribution in [0.5, 0.6) is 11.5 Å². The predicted octanol–water partition coefficient (Wildman–Crippen LogP) is 4.91. The number of benzene rings is 3. The molecule has 1 saturated carbocycles. The van der Waals surface area contributed by atoms with E-state index in [2.05, 4.69) is 10.6 Å². The van der Waals surface area contributed by atoms with E-state index in [1.165, 1.54) is 0 Å². The number of aliphatic hydroxyl groups excluding tert-OH is 1. The summed E-state index contributed by atoms with van der Waals surface area (Å²) in [4.78, 5) is 25.5. The summed E-state index contributed by atoms with van der Waals surface area (Å²) < 4.78 is 10.9. The molecule has 1 aliphatic carbocycles. The summed E-state index contributed by atoms with van der Waals surface area (Å²) >= 11 is 0. The van der Waals surface area contributed by atoms with E-state index in [9.17, 15) is 14.7 Å². The van der Waals surface area contributed by atoms with E-state index in [1.807, 2.05) is 55.5 Å². The number of anilines is 1. The molecule has 1 fully saturated rings. The lowest BCUT2D eigenvalue weighted by molar-refractivity contribution is -0.118. The third-order valence-electron chi connectivity index (χ3n) is 6.62. The van der Waals surface area contributed by atoms with Crippen molar-refractivity contribution in [3.05, 3.63) is 77.4 Å². The van der Waals surface area contributed by atoms with E-state index in [4.69, 9.17) is 9.47 Å². The van der Waals surface area contributed by atoms with Crippen molar-refractivity contribution in [2.45, 2.75) is 38.2 Å². The van der Waals surface area contributed by atoms with Crippen LogP contribution in [0.25, 0.3) is 11.1 Å². The summed E-state index contributed by atoms with van der Waals surface area (Å²) in [5.41, 5.74) is 4.63. The molecular weight excluding hydrogens is 444 g/mol.